The molecule has 1 N–H and O–H groups in total. The zero-order valence-electron chi connectivity index (χ0n) is 36.4. The fourth-order valence-electron chi connectivity index (χ4n) is 11.7. The Bertz CT molecular complexity index is 3610. The van der Waals surface area contributed by atoms with E-state index in [0.29, 0.717) is 0 Å². The van der Waals surface area contributed by atoms with E-state index < -0.39 is 0 Å². The van der Waals surface area contributed by atoms with Crippen LogP contribution in [0.25, 0.3) is 81.0 Å². The lowest BCUT2D eigenvalue weighted by Crippen LogP contribution is -2.37. The second-order valence-electron chi connectivity index (χ2n) is 20.2. The van der Waals surface area contributed by atoms with Crippen LogP contribution in [0.1, 0.15) is 76.3 Å². The predicted octanol–water partition coefficient (Wildman–Crippen LogP) is 14.2. The van der Waals surface area contributed by atoms with Gasteiger partial charge in [0.1, 0.15) is 0 Å². The fraction of sp³-hybridized carbons (Fsp3) is 0.172. The number of fused-ring (bicyclic) bond motifs is 14. The molecular formula is C58H47BN2S. The standard InChI is InChI=1S/C58H47BN2S/c1-56(2,3)32-20-22-33(23-21-32)60-49-30-47-39(34-14-8-11-17-44(34)58(47,6)7)26-41(49)37-24-25-38-42-27-46-40(35-15-9-12-18-45(35)57(46,4)5)28-50(42)61-51-29-43-36-16-10-13-19-52(36)62-53(43)31-48(51)59-54(37)55(38)61/h8-31,59-60H,1-7H3. The Morgan fingerprint density at radius 2 is 1.18 bits per heavy atom. The summed E-state index contributed by atoms with van der Waals surface area (Å²) < 4.78 is 5.34. The number of benzene rings is 8. The molecule has 3 heterocycles. The van der Waals surface area contributed by atoms with Crippen molar-refractivity contribution in [1.29, 1.82) is 0 Å². The smallest absolute Gasteiger partial charge is 0.198 e. The predicted molar refractivity (Wildman–Crippen MR) is 269 cm³/mol. The topological polar surface area (TPSA) is 17.0 Å². The van der Waals surface area contributed by atoms with Gasteiger partial charge in [-0.25, -0.2) is 0 Å². The lowest BCUT2D eigenvalue weighted by molar-refractivity contribution is 0.590. The largest absolute Gasteiger partial charge is 0.355 e. The summed E-state index contributed by atoms with van der Waals surface area (Å²) in [6.07, 6.45) is 0. The molecule has 0 spiro atoms. The first kappa shape index (κ1) is 36.3. The van der Waals surface area contributed by atoms with Crippen LogP contribution >= 0.6 is 11.3 Å². The van der Waals surface area contributed by atoms with Crippen LogP contribution in [-0.4, -0.2) is 11.8 Å². The monoisotopic (exact) mass is 814 g/mol. The maximum absolute atomic E-state index is 4.00. The van der Waals surface area contributed by atoms with Crippen LogP contribution in [0, 0.1) is 0 Å². The average molecular weight is 815 g/mol. The molecule has 10 aromatic rings. The average Bonchev–Trinajstić information content (AvgIpc) is 3.93. The number of aromatic nitrogens is 1. The summed E-state index contributed by atoms with van der Waals surface area (Å²) in [7, 11) is 0.857. The van der Waals surface area contributed by atoms with Gasteiger partial charge in [-0.3, -0.25) is 0 Å². The third-order valence-electron chi connectivity index (χ3n) is 15.0. The first-order chi connectivity index (χ1) is 29.9. The normalized spacial score (nSPS) is 15.1. The van der Waals surface area contributed by atoms with Gasteiger partial charge in [-0.1, -0.05) is 145 Å². The molecule has 2 aromatic heterocycles. The van der Waals surface area contributed by atoms with Crippen LogP contribution in [-0.2, 0) is 16.2 Å². The van der Waals surface area contributed by atoms with Gasteiger partial charge in [0.2, 0.25) is 0 Å². The Labute approximate surface area is 368 Å². The van der Waals surface area contributed by atoms with E-state index in [2.05, 4.69) is 204 Å². The maximum Gasteiger partial charge on any atom is 0.198 e. The fourth-order valence-corrected chi connectivity index (χ4v) is 12.8. The first-order valence-electron chi connectivity index (χ1n) is 22.2. The summed E-state index contributed by atoms with van der Waals surface area (Å²) >= 11 is 1.92. The number of nitrogens with zero attached hydrogens (tertiary/aromatic N) is 1. The van der Waals surface area contributed by atoms with E-state index in [0.717, 1.165) is 18.7 Å². The third-order valence-corrected chi connectivity index (χ3v) is 16.1. The van der Waals surface area contributed by atoms with Gasteiger partial charge in [-0.2, -0.15) is 0 Å². The van der Waals surface area contributed by atoms with E-state index in [1.165, 1.54) is 120 Å². The molecule has 62 heavy (non-hydrogen) atoms. The molecule has 8 aromatic carbocycles. The Morgan fingerprint density at radius 3 is 1.90 bits per heavy atom. The van der Waals surface area contributed by atoms with Crippen molar-refractivity contribution >= 4 is 82.9 Å². The van der Waals surface area contributed by atoms with E-state index in [-0.39, 0.29) is 16.2 Å². The van der Waals surface area contributed by atoms with Crippen LogP contribution in [0.5, 0.6) is 0 Å². The van der Waals surface area contributed by atoms with E-state index in [1.54, 1.807) is 0 Å². The molecule has 0 bridgehead atoms. The molecule has 3 aliphatic rings. The van der Waals surface area contributed by atoms with Gasteiger partial charge in [0.15, 0.2) is 7.28 Å². The second-order valence-corrected chi connectivity index (χ2v) is 21.3. The summed E-state index contributed by atoms with van der Waals surface area (Å²) in [5, 5.41) is 9.35. The highest BCUT2D eigenvalue weighted by Gasteiger charge is 2.39. The summed E-state index contributed by atoms with van der Waals surface area (Å²) in [6, 6.07) is 56.0. The van der Waals surface area contributed by atoms with Gasteiger partial charge >= 0.3 is 0 Å². The van der Waals surface area contributed by atoms with Crippen LogP contribution in [0.3, 0.4) is 0 Å². The molecule has 0 radical (unpaired) electrons. The maximum atomic E-state index is 4.00. The van der Waals surface area contributed by atoms with Crippen molar-refractivity contribution in [2.45, 2.75) is 64.7 Å². The summed E-state index contributed by atoms with van der Waals surface area (Å²) in [4.78, 5) is 0. The van der Waals surface area contributed by atoms with Crippen molar-refractivity contribution in [2.24, 2.45) is 0 Å². The van der Waals surface area contributed by atoms with E-state index in [4.69, 9.17) is 0 Å². The number of rotatable bonds is 3. The van der Waals surface area contributed by atoms with E-state index in [9.17, 15) is 0 Å². The summed E-state index contributed by atoms with van der Waals surface area (Å²) in [5.74, 6) is 0. The van der Waals surface area contributed by atoms with Crippen molar-refractivity contribution < 1.29 is 0 Å². The first-order valence-corrected chi connectivity index (χ1v) is 23.0. The van der Waals surface area contributed by atoms with Crippen LogP contribution in [0.4, 0.5) is 11.4 Å². The number of hydrogen-bond acceptors (Lipinski definition) is 2. The molecule has 2 nitrogen and oxygen atoms in total. The minimum Gasteiger partial charge on any atom is -0.355 e. The highest BCUT2D eigenvalue weighted by Crippen LogP contribution is 2.54. The lowest BCUT2D eigenvalue weighted by Gasteiger charge is -2.26. The van der Waals surface area contributed by atoms with E-state index in [1.807, 2.05) is 11.3 Å². The highest BCUT2D eigenvalue weighted by atomic mass is 32.1. The zero-order valence-corrected chi connectivity index (χ0v) is 37.2. The molecule has 13 rings (SSSR count). The number of hydrogen-bond donors (Lipinski definition) is 1. The van der Waals surface area contributed by atoms with Crippen LogP contribution in [0.2, 0.25) is 0 Å². The minimum absolute atomic E-state index is 0.0839. The van der Waals surface area contributed by atoms with Gasteiger partial charge in [-0.15, -0.1) is 11.3 Å². The molecule has 0 unspecified atom stereocenters. The second kappa shape index (κ2) is 12.2. The number of thiophene rings is 1. The van der Waals surface area contributed by atoms with E-state index >= 15 is 0 Å². The Morgan fingerprint density at radius 1 is 0.516 bits per heavy atom. The minimum atomic E-state index is -0.122. The molecule has 0 amide bonds. The number of anilines is 2. The SMILES string of the molecule is CC(C)(C)c1ccc(Nc2cc3c(cc2-c2ccc4c5cc6c(cc5n5c4c2Bc2cc4sc7ccccc7c4cc2-5)-c2ccccc2C6(C)C)-c2ccccc2C3(C)C)cc1. The van der Waals surface area contributed by atoms with Crippen LogP contribution < -0.4 is 16.2 Å². The van der Waals surface area contributed by atoms with Crippen molar-refractivity contribution in [3.8, 4) is 39.1 Å². The Balaban J connectivity index is 1.11. The van der Waals surface area contributed by atoms with Crippen LogP contribution in [0.15, 0.2) is 146 Å². The quantitative estimate of drug-likeness (QED) is 0.176. The summed E-state index contributed by atoms with van der Waals surface area (Å²) in [5.41, 5.74) is 23.7. The van der Waals surface area contributed by atoms with Gasteiger partial charge in [0.25, 0.3) is 0 Å². The zero-order chi connectivity index (χ0) is 42.0. The van der Waals surface area contributed by atoms with Crippen molar-refractivity contribution in [3.63, 3.8) is 0 Å². The van der Waals surface area contributed by atoms with Crippen molar-refractivity contribution in [1.82, 2.24) is 4.57 Å². The van der Waals surface area contributed by atoms with Gasteiger partial charge < -0.3 is 9.88 Å². The number of nitrogens with one attached hydrogen (secondary N) is 1. The van der Waals surface area contributed by atoms with Crippen molar-refractivity contribution in [3.05, 3.63) is 173 Å². The Kier molecular flexibility index (Phi) is 7.13. The molecule has 0 fully saturated rings. The molecule has 0 saturated carbocycles. The molecule has 2 aliphatic carbocycles. The molecule has 0 atom stereocenters. The third kappa shape index (κ3) is 4.82. The van der Waals surface area contributed by atoms with Gasteiger partial charge in [-0.05, 0) is 121 Å². The molecule has 0 saturated heterocycles. The molecular weight excluding hydrogens is 768 g/mol. The molecule has 4 heteroatoms. The molecule has 1 aliphatic heterocycles. The van der Waals surface area contributed by atoms with Gasteiger partial charge in [0.05, 0.1) is 5.52 Å². The lowest BCUT2D eigenvalue weighted by atomic mass is 9.59. The van der Waals surface area contributed by atoms with Crippen molar-refractivity contribution in [2.75, 3.05) is 5.32 Å². The molecule has 298 valence electrons. The van der Waals surface area contributed by atoms with Gasteiger partial charge in [0, 0.05) is 69.9 Å². The highest BCUT2D eigenvalue weighted by molar-refractivity contribution is 7.26. The Hall–Kier alpha value is -6.36. The summed E-state index contributed by atoms with van der Waals surface area (Å²) in [6.45, 7) is 16.4.